The molecule has 0 aromatic heterocycles. The van der Waals surface area contributed by atoms with Gasteiger partial charge in [0, 0.05) is 0 Å². The monoisotopic (exact) mass is 392 g/mol. The topological polar surface area (TPSA) is 44.8 Å². The zero-order valence-electron chi connectivity index (χ0n) is 15.0. The standard InChI is InChI=1S/C21H19F3O4/c1-2-20(12-6-7-13-20)27-18-14-15(10-11-17(18)28-21(22,23)24)19(25)26-16-8-4-3-5-9-16/h2-5,8-11,14H,1,6-7,12-13H2. The van der Waals surface area contributed by atoms with Gasteiger partial charge >= 0.3 is 12.3 Å². The zero-order chi connectivity index (χ0) is 20.2. The lowest BCUT2D eigenvalue weighted by Gasteiger charge is -2.28. The van der Waals surface area contributed by atoms with Gasteiger partial charge in [0.05, 0.1) is 5.56 Å². The molecule has 0 spiro atoms. The summed E-state index contributed by atoms with van der Waals surface area (Å²) >= 11 is 0. The van der Waals surface area contributed by atoms with E-state index in [9.17, 15) is 18.0 Å². The summed E-state index contributed by atoms with van der Waals surface area (Å²) < 4.78 is 53.5. The van der Waals surface area contributed by atoms with Crippen molar-refractivity contribution in [3.8, 4) is 17.2 Å². The van der Waals surface area contributed by atoms with Crippen molar-refractivity contribution in [2.24, 2.45) is 0 Å². The van der Waals surface area contributed by atoms with Crippen LogP contribution in [-0.2, 0) is 0 Å². The van der Waals surface area contributed by atoms with Crippen molar-refractivity contribution in [1.29, 1.82) is 0 Å². The number of alkyl halides is 3. The lowest BCUT2D eigenvalue weighted by molar-refractivity contribution is -0.275. The number of carbonyl (C=O) groups excluding carboxylic acids is 1. The molecular formula is C21H19F3O4. The number of benzene rings is 2. The van der Waals surface area contributed by atoms with Crippen LogP contribution in [-0.4, -0.2) is 17.9 Å². The van der Waals surface area contributed by atoms with Gasteiger partial charge in [-0.05, 0) is 62.1 Å². The van der Waals surface area contributed by atoms with E-state index in [0.717, 1.165) is 18.9 Å². The fourth-order valence-corrected chi connectivity index (χ4v) is 3.12. The molecule has 2 aromatic carbocycles. The van der Waals surface area contributed by atoms with Gasteiger partial charge < -0.3 is 14.2 Å². The molecule has 28 heavy (non-hydrogen) atoms. The van der Waals surface area contributed by atoms with Gasteiger partial charge in [0.1, 0.15) is 11.4 Å². The van der Waals surface area contributed by atoms with Crippen molar-refractivity contribution >= 4 is 5.97 Å². The van der Waals surface area contributed by atoms with Crippen LogP contribution in [0.2, 0.25) is 0 Å². The molecule has 0 atom stereocenters. The molecule has 2 aromatic rings. The maximum absolute atomic E-state index is 12.8. The average Bonchev–Trinajstić information content (AvgIpc) is 3.12. The van der Waals surface area contributed by atoms with Crippen LogP contribution in [0.1, 0.15) is 36.0 Å². The van der Waals surface area contributed by atoms with Gasteiger partial charge in [-0.15, -0.1) is 13.2 Å². The molecule has 0 bridgehead atoms. The third-order valence-electron chi connectivity index (χ3n) is 4.49. The summed E-state index contributed by atoms with van der Waals surface area (Å²) in [5.41, 5.74) is -0.739. The number of hydrogen-bond acceptors (Lipinski definition) is 4. The Morgan fingerprint density at radius 3 is 2.32 bits per heavy atom. The van der Waals surface area contributed by atoms with Crippen LogP contribution in [0.3, 0.4) is 0 Å². The number of ether oxygens (including phenoxy) is 3. The van der Waals surface area contributed by atoms with E-state index in [4.69, 9.17) is 9.47 Å². The predicted molar refractivity (Wildman–Crippen MR) is 96.5 cm³/mol. The second-order valence-electron chi connectivity index (χ2n) is 6.49. The van der Waals surface area contributed by atoms with Crippen molar-refractivity contribution in [3.05, 3.63) is 66.7 Å². The number of carbonyl (C=O) groups is 1. The van der Waals surface area contributed by atoms with Gasteiger partial charge in [-0.2, -0.15) is 0 Å². The smallest absolute Gasteiger partial charge is 0.479 e. The summed E-state index contributed by atoms with van der Waals surface area (Å²) in [5, 5.41) is 0. The van der Waals surface area contributed by atoms with E-state index in [1.165, 1.54) is 12.1 Å². The summed E-state index contributed by atoms with van der Waals surface area (Å²) in [4.78, 5) is 12.4. The first-order chi connectivity index (χ1) is 13.3. The number of hydrogen-bond donors (Lipinski definition) is 0. The van der Waals surface area contributed by atoms with Gasteiger partial charge in [0.25, 0.3) is 0 Å². The van der Waals surface area contributed by atoms with E-state index in [0.29, 0.717) is 18.6 Å². The number of para-hydroxylation sites is 1. The SMILES string of the molecule is C=CC1(Oc2cc(C(=O)Oc3ccccc3)ccc2OC(F)(F)F)CCCC1. The van der Waals surface area contributed by atoms with Gasteiger partial charge in [0.2, 0.25) is 0 Å². The second kappa shape index (κ2) is 7.96. The molecule has 4 nitrogen and oxygen atoms in total. The summed E-state index contributed by atoms with van der Waals surface area (Å²) in [7, 11) is 0. The van der Waals surface area contributed by atoms with E-state index in [2.05, 4.69) is 11.3 Å². The highest BCUT2D eigenvalue weighted by Gasteiger charge is 2.37. The molecular weight excluding hydrogens is 373 g/mol. The lowest BCUT2D eigenvalue weighted by Crippen LogP contribution is -2.30. The lowest BCUT2D eigenvalue weighted by atomic mass is 10.0. The normalized spacial score (nSPS) is 15.7. The highest BCUT2D eigenvalue weighted by molar-refractivity contribution is 5.91. The Kier molecular flexibility index (Phi) is 5.63. The number of esters is 1. The summed E-state index contributed by atoms with van der Waals surface area (Å²) in [6.07, 6.45) is -0.302. The van der Waals surface area contributed by atoms with Gasteiger partial charge in [0.15, 0.2) is 11.5 Å². The number of rotatable bonds is 6. The summed E-state index contributed by atoms with van der Waals surface area (Å²) in [5.74, 6) is -1.09. The Hall–Kier alpha value is -2.96. The van der Waals surface area contributed by atoms with Gasteiger partial charge in [-0.1, -0.05) is 24.8 Å². The summed E-state index contributed by atoms with van der Waals surface area (Å²) in [6, 6.07) is 11.8. The molecule has 1 fully saturated rings. The van der Waals surface area contributed by atoms with Crippen molar-refractivity contribution < 1.29 is 32.2 Å². The van der Waals surface area contributed by atoms with E-state index < -0.39 is 23.7 Å². The first-order valence-corrected chi connectivity index (χ1v) is 8.80. The fourth-order valence-electron chi connectivity index (χ4n) is 3.12. The Labute approximate surface area is 160 Å². The number of halogens is 3. The fraction of sp³-hybridized carbons (Fsp3) is 0.286. The van der Waals surface area contributed by atoms with E-state index in [1.807, 2.05) is 0 Å². The highest BCUT2D eigenvalue weighted by atomic mass is 19.4. The van der Waals surface area contributed by atoms with Crippen molar-refractivity contribution in [3.63, 3.8) is 0 Å². The molecule has 0 N–H and O–H groups in total. The van der Waals surface area contributed by atoms with Gasteiger partial charge in [-0.3, -0.25) is 0 Å². The second-order valence-corrected chi connectivity index (χ2v) is 6.49. The molecule has 7 heteroatoms. The predicted octanol–water partition coefficient (Wildman–Crippen LogP) is 5.68. The Balaban J connectivity index is 1.90. The highest BCUT2D eigenvalue weighted by Crippen LogP contribution is 2.41. The average molecular weight is 392 g/mol. The van der Waals surface area contributed by atoms with Crippen molar-refractivity contribution in [2.75, 3.05) is 0 Å². The molecule has 0 radical (unpaired) electrons. The van der Waals surface area contributed by atoms with Gasteiger partial charge in [-0.25, -0.2) is 4.79 Å². The molecule has 148 valence electrons. The molecule has 0 aliphatic heterocycles. The quantitative estimate of drug-likeness (QED) is 0.360. The van der Waals surface area contributed by atoms with Crippen molar-refractivity contribution in [1.82, 2.24) is 0 Å². The Bertz CT molecular complexity index is 840. The van der Waals surface area contributed by atoms with Crippen LogP contribution in [0.4, 0.5) is 13.2 Å². The third-order valence-corrected chi connectivity index (χ3v) is 4.49. The van der Waals surface area contributed by atoms with Crippen molar-refractivity contribution in [2.45, 2.75) is 37.6 Å². The minimum Gasteiger partial charge on any atom is -0.479 e. The third kappa shape index (κ3) is 4.85. The largest absolute Gasteiger partial charge is 0.573 e. The zero-order valence-corrected chi connectivity index (χ0v) is 15.0. The minimum atomic E-state index is -4.89. The first-order valence-electron chi connectivity index (χ1n) is 8.80. The first kappa shape index (κ1) is 19.8. The Morgan fingerprint density at radius 2 is 1.71 bits per heavy atom. The maximum atomic E-state index is 12.8. The van der Waals surface area contributed by atoms with Crippen LogP contribution in [0.25, 0.3) is 0 Å². The summed E-state index contributed by atoms with van der Waals surface area (Å²) in [6.45, 7) is 3.75. The molecule has 1 saturated carbocycles. The van der Waals surface area contributed by atoms with Crippen LogP contribution < -0.4 is 14.2 Å². The van der Waals surface area contributed by atoms with Crippen LogP contribution in [0, 0.1) is 0 Å². The molecule has 0 heterocycles. The van der Waals surface area contributed by atoms with Crippen LogP contribution >= 0.6 is 0 Å². The van der Waals surface area contributed by atoms with E-state index in [1.54, 1.807) is 36.4 Å². The van der Waals surface area contributed by atoms with E-state index in [-0.39, 0.29) is 11.3 Å². The van der Waals surface area contributed by atoms with E-state index >= 15 is 0 Å². The van der Waals surface area contributed by atoms with Crippen LogP contribution in [0.15, 0.2) is 61.2 Å². The molecule has 1 aliphatic carbocycles. The molecule has 3 rings (SSSR count). The molecule has 0 unspecified atom stereocenters. The maximum Gasteiger partial charge on any atom is 0.573 e. The minimum absolute atomic E-state index is 0.0468. The Morgan fingerprint density at radius 1 is 1.04 bits per heavy atom. The molecule has 0 saturated heterocycles. The molecule has 0 amide bonds. The van der Waals surface area contributed by atoms with Crippen LogP contribution in [0.5, 0.6) is 17.2 Å². The molecule has 1 aliphatic rings.